The molecule has 0 radical (unpaired) electrons. The van der Waals surface area contributed by atoms with Gasteiger partial charge in [-0.3, -0.25) is 0 Å². The molecule has 2 aliphatic rings. The smallest absolute Gasteiger partial charge is 0.0726 e. The van der Waals surface area contributed by atoms with Crippen LogP contribution in [0.15, 0.2) is 231 Å². The monoisotopic (exact) mass is 774 g/mol. The largest absolute Gasteiger partial charge is 0.311 e. The molecule has 10 aromatic carbocycles. The Morgan fingerprint density at radius 2 is 0.869 bits per heavy atom. The number of nitrogens with zero attached hydrogens (tertiary/aromatic N) is 2. The molecule has 0 bridgehead atoms. The highest BCUT2D eigenvalue weighted by Gasteiger charge is 2.50. The third kappa shape index (κ3) is 4.79. The Kier molecular flexibility index (Phi) is 7.26. The summed E-state index contributed by atoms with van der Waals surface area (Å²) < 4.78 is 2.53. The zero-order valence-corrected chi connectivity index (χ0v) is 33.3. The molecule has 0 atom stereocenters. The van der Waals surface area contributed by atoms with Crippen LogP contribution in [0.5, 0.6) is 0 Å². The summed E-state index contributed by atoms with van der Waals surface area (Å²) in [5, 5.41) is 5.28. The van der Waals surface area contributed by atoms with Gasteiger partial charge in [-0.1, -0.05) is 164 Å². The number of hydrogen-bond acceptors (Lipinski definition) is 1. The van der Waals surface area contributed by atoms with Gasteiger partial charge in [0.25, 0.3) is 0 Å². The lowest BCUT2D eigenvalue weighted by atomic mass is 9.63. The molecule has 0 saturated carbocycles. The molecule has 0 unspecified atom stereocenters. The Morgan fingerprint density at radius 1 is 0.311 bits per heavy atom. The van der Waals surface area contributed by atoms with Crippen LogP contribution in [0.4, 0.5) is 17.1 Å². The van der Waals surface area contributed by atoms with Gasteiger partial charge in [0.15, 0.2) is 0 Å². The average Bonchev–Trinajstić information content (AvgIpc) is 3.83. The first-order valence-corrected chi connectivity index (χ1v) is 21.2. The van der Waals surface area contributed by atoms with Gasteiger partial charge in [0, 0.05) is 33.5 Å². The summed E-state index contributed by atoms with van der Waals surface area (Å²) in [5.41, 5.74) is 19.2. The van der Waals surface area contributed by atoms with Crippen molar-refractivity contribution in [2.75, 3.05) is 4.90 Å². The van der Waals surface area contributed by atoms with E-state index in [0.717, 1.165) is 22.7 Å². The van der Waals surface area contributed by atoms with Crippen molar-refractivity contribution in [1.29, 1.82) is 0 Å². The van der Waals surface area contributed by atoms with Gasteiger partial charge in [-0.2, -0.15) is 0 Å². The Hall–Kier alpha value is -7.94. The second-order valence-electron chi connectivity index (χ2n) is 16.4. The first kappa shape index (κ1) is 34.0. The van der Waals surface area contributed by atoms with Gasteiger partial charge in [-0.25, -0.2) is 0 Å². The van der Waals surface area contributed by atoms with Crippen molar-refractivity contribution >= 4 is 49.6 Å². The first-order valence-electron chi connectivity index (χ1n) is 21.2. The number of aromatic nitrogens is 1. The summed E-state index contributed by atoms with van der Waals surface area (Å²) in [4.78, 5) is 2.33. The molecule has 1 aromatic heterocycles. The number of para-hydroxylation sites is 2. The zero-order valence-electron chi connectivity index (χ0n) is 33.3. The molecule has 284 valence electrons. The van der Waals surface area contributed by atoms with Crippen LogP contribution in [-0.4, -0.2) is 4.57 Å². The van der Waals surface area contributed by atoms with Gasteiger partial charge in [-0.15, -0.1) is 0 Å². The van der Waals surface area contributed by atoms with Gasteiger partial charge in [0.05, 0.1) is 16.4 Å². The van der Waals surface area contributed by atoms with E-state index in [-0.39, 0.29) is 0 Å². The Morgan fingerprint density at radius 3 is 1.56 bits per heavy atom. The summed E-state index contributed by atoms with van der Waals surface area (Å²) in [6.45, 7) is 0. The third-order valence-corrected chi connectivity index (χ3v) is 13.3. The quantitative estimate of drug-likeness (QED) is 0.163. The van der Waals surface area contributed by atoms with E-state index in [1.807, 2.05) is 0 Å². The van der Waals surface area contributed by atoms with Gasteiger partial charge in [0.2, 0.25) is 0 Å². The van der Waals surface area contributed by atoms with Crippen molar-refractivity contribution in [2.24, 2.45) is 0 Å². The number of fused-ring (bicyclic) bond motifs is 7. The summed E-state index contributed by atoms with van der Waals surface area (Å²) in [5.74, 6) is 0. The highest BCUT2D eigenvalue weighted by Crippen LogP contribution is 2.62. The van der Waals surface area contributed by atoms with Crippen LogP contribution < -0.4 is 4.90 Å². The maximum absolute atomic E-state index is 2.53. The van der Waals surface area contributed by atoms with Crippen molar-refractivity contribution in [3.8, 4) is 39.1 Å². The summed E-state index contributed by atoms with van der Waals surface area (Å²) >= 11 is 0. The molecule has 61 heavy (non-hydrogen) atoms. The number of hydrogen-bond donors (Lipinski definition) is 0. The fraction of sp³-hybridized carbons (Fsp3) is 0.0169. The minimum Gasteiger partial charge on any atom is -0.311 e. The van der Waals surface area contributed by atoms with Crippen molar-refractivity contribution in [3.05, 3.63) is 253 Å². The second-order valence-corrected chi connectivity index (χ2v) is 16.4. The molecular weight excluding hydrogens is 737 g/mol. The molecule has 1 heterocycles. The van der Waals surface area contributed by atoms with Gasteiger partial charge < -0.3 is 9.47 Å². The normalized spacial score (nSPS) is 13.0. The van der Waals surface area contributed by atoms with Crippen LogP contribution >= 0.6 is 0 Å². The number of anilines is 3. The highest BCUT2D eigenvalue weighted by molar-refractivity contribution is 6.27. The summed E-state index contributed by atoms with van der Waals surface area (Å²) in [6.07, 6.45) is 0. The standard InChI is InChI=1S/C59H38N2/c1-4-16-39(17-5-1)42-19-14-24-47(36-42)61-54-35-32-41-18-15-29-52-56(41)58(54)57-53(59(52)50-27-12-10-25-48(50)49-26-11-13-28-51(49)59)37-43(38-55(57)61)40-30-33-46(34-31-40)60(44-20-6-2-7-21-44)45-22-8-3-9-23-45/h1-38H. The molecule has 2 nitrogen and oxygen atoms in total. The van der Waals surface area contributed by atoms with E-state index in [0.29, 0.717) is 0 Å². The van der Waals surface area contributed by atoms with Crippen molar-refractivity contribution in [3.63, 3.8) is 0 Å². The van der Waals surface area contributed by atoms with Gasteiger partial charge in [-0.05, 0) is 133 Å². The molecule has 0 saturated heterocycles. The molecule has 13 rings (SSSR count). The fourth-order valence-corrected chi connectivity index (χ4v) is 10.9. The van der Waals surface area contributed by atoms with E-state index < -0.39 is 5.41 Å². The van der Waals surface area contributed by atoms with Crippen LogP contribution in [0.25, 0.3) is 71.6 Å². The molecule has 1 spiro atoms. The predicted octanol–water partition coefficient (Wildman–Crippen LogP) is 15.4. The predicted molar refractivity (Wildman–Crippen MR) is 255 cm³/mol. The van der Waals surface area contributed by atoms with Crippen LogP contribution in [0.3, 0.4) is 0 Å². The van der Waals surface area contributed by atoms with Crippen molar-refractivity contribution < 1.29 is 0 Å². The van der Waals surface area contributed by atoms with E-state index in [9.17, 15) is 0 Å². The molecular formula is C59H38N2. The van der Waals surface area contributed by atoms with Crippen LogP contribution in [0.2, 0.25) is 0 Å². The number of benzene rings is 10. The first-order chi connectivity index (χ1) is 30.3. The van der Waals surface area contributed by atoms with Gasteiger partial charge in [0.1, 0.15) is 0 Å². The van der Waals surface area contributed by atoms with Gasteiger partial charge >= 0.3 is 0 Å². The van der Waals surface area contributed by atoms with Crippen LogP contribution in [-0.2, 0) is 5.41 Å². The molecule has 2 heteroatoms. The summed E-state index contributed by atoms with van der Waals surface area (Å²) in [7, 11) is 0. The summed E-state index contributed by atoms with van der Waals surface area (Å²) in [6, 6.07) is 85.2. The molecule has 2 aliphatic carbocycles. The molecule has 0 aliphatic heterocycles. The maximum Gasteiger partial charge on any atom is 0.0726 e. The van der Waals surface area contributed by atoms with E-state index in [2.05, 4.69) is 240 Å². The zero-order chi connectivity index (χ0) is 40.1. The van der Waals surface area contributed by atoms with E-state index in [1.54, 1.807) is 0 Å². The molecule has 0 fully saturated rings. The highest BCUT2D eigenvalue weighted by atomic mass is 15.1. The van der Waals surface area contributed by atoms with Crippen LogP contribution in [0, 0.1) is 0 Å². The lowest BCUT2D eigenvalue weighted by Gasteiger charge is -2.38. The van der Waals surface area contributed by atoms with Crippen LogP contribution in [0.1, 0.15) is 22.3 Å². The lowest BCUT2D eigenvalue weighted by molar-refractivity contribution is 0.783. The maximum atomic E-state index is 2.53. The molecule has 0 N–H and O–H groups in total. The van der Waals surface area contributed by atoms with E-state index in [1.165, 1.54) is 88.2 Å². The molecule has 0 amide bonds. The Balaban J connectivity index is 1.12. The van der Waals surface area contributed by atoms with Crippen molar-refractivity contribution in [2.45, 2.75) is 5.41 Å². The Labute approximate surface area is 354 Å². The minimum absolute atomic E-state index is 0.516. The SMILES string of the molecule is c1ccc(-c2cccc(-n3c4cc(-c5ccc(N(c6ccccc6)c6ccccc6)cc5)cc5c4c4c6c(cccc6ccc43)C53c4ccccc4-c4ccccc43)c2)cc1. The minimum atomic E-state index is -0.516. The van der Waals surface area contributed by atoms with E-state index >= 15 is 0 Å². The molecule has 11 aromatic rings. The number of rotatable bonds is 6. The average molecular weight is 775 g/mol. The Bertz CT molecular complexity index is 3420. The second kappa shape index (κ2) is 13.0. The van der Waals surface area contributed by atoms with Crippen molar-refractivity contribution in [1.82, 2.24) is 4.57 Å². The lowest BCUT2D eigenvalue weighted by Crippen LogP contribution is -2.30. The third-order valence-electron chi connectivity index (χ3n) is 13.3. The van der Waals surface area contributed by atoms with E-state index in [4.69, 9.17) is 0 Å². The fourth-order valence-electron chi connectivity index (χ4n) is 10.9. The topological polar surface area (TPSA) is 8.17 Å².